The van der Waals surface area contributed by atoms with Crippen molar-refractivity contribution >= 4 is 18.3 Å². The highest BCUT2D eigenvalue weighted by Gasteiger charge is 2.79. The molecule has 0 radical (unpaired) electrons. The highest BCUT2D eigenvalue weighted by molar-refractivity contribution is 8.23. The minimum absolute atomic E-state index is 0.759. The Kier molecular flexibility index (Phi) is 1.37. The fourth-order valence-corrected chi connectivity index (χ4v) is 3.46. The van der Waals surface area contributed by atoms with Gasteiger partial charge in [-0.2, -0.15) is 11.6 Å². The van der Waals surface area contributed by atoms with E-state index in [0.29, 0.717) is 0 Å². The average Bonchev–Trinajstić information content (AvgIpc) is 2.54. The van der Waals surface area contributed by atoms with E-state index in [1.165, 1.54) is 12.8 Å². The SMILES string of the molecule is CCNBSC12CC1(C)C2. The summed E-state index contributed by atoms with van der Waals surface area (Å²) < 4.78 is 0.759. The van der Waals surface area contributed by atoms with Crippen molar-refractivity contribution in [1.82, 2.24) is 5.23 Å². The van der Waals surface area contributed by atoms with Crippen LogP contribution in [0.3, 0.4) is 0 Å². The normalized spacial score (nSPS) is 48.2. The first-order valence-corrected chi connectivity index (χ1v) is 5.06. The van der Waals surface area contributed by atoms with Crippen LogP contribution in [0, 0.1) is 5.41 Å². The monoisotopic (exact) mass is 155 g/mol. The molecule has 0 bridgehead atoms. The van der Waals surface area contributed by atoms with E-state index in [4.69, 9.17) is 0 Å². The molecule has 0 spiro atoms. The summed E-state index contributed by atoms with van der Waals surface area (Å²) in [6.45, 7) is 6.84. The number of nitrogens with one attached hydrogen (secondary N) is 1. The first-order chi connectivity index (χ1) is 4.72. The number of hydrogen-bond acceptors (Lipinski definition) is 2. The number of hydrogen-bond donors (Lipinski definition) is 1. The molecule has 56 valence electrons. The van der Waals surface area contributed by atoms with Gasteiger partial charge in [0.15, 0.2) is 0 Å². The van der Waals surface area contributed by atoms with Gasteiger partial charge in [0.1, 0.15) is 0 Å². The summed E-state index contributed by atoms with van der Waals surface area (Å²) in [5.41, 5.74) is 0.785. The van der Waals surface area contributed by atoms with Crippen LogP contribution in [-0.2, 0) is 0 Å². The lowest BCUT2D eigenvalue weighted by molar-refractivity contribution is 0.726. The highest BCUT2D eigenvalue weighted by atomic mass is 32.2. The molecule has 10 heavy (non-hydrogen) atoms. The van der Waals surface area contributed by atoms with Crippen LogP contribution >= 0.6 is 11.6 Å². The van der Waals surface area contributed by atoms with Crippen LogP contribution in [0.1, 0.15) is 26.7 Å². The van der Waals surface area contributed by atoms with E-state index >= 15 is 0 Å². The second-order valence-corrected chi connectivity index (χ2v) is 5.16. The molecular weight excluding hydrogens is 141 g/mol. The summed E-state index contributed by atoms with van der Waals surface area (Å²) in [6, 6.07) is 0. The van der Waals surface area contributed by atoms with E-state index in [0.717, 1.165) is 23.4 Å². The van der Waals surface area contributed by atoms with E-state index < -0.39 is 0 Å². The van der Waals surface area contributed by atoms with Crippen LogP contribution in [-0.4, -0.2) is 18.0 Å². The molecule has 0 aromatic carbocycles. The molecule has 2 aliphatic rings. The molecule has 0 atom stereocenters. The summed E-state index contributed by atoms with van der Waals surface area (Å²) in [4.78, 5) is 0. The van der Waals surface area contributed by atoms with Gasteiger partial charge in [-0.25, -0.2) is 0 Å². The van der Waals surface area contributed by atoms with Gasteiger partial charge in [-0.3, -0.25) is 0 Å². The predicted octanol–water partition coefficient (Wildman–Crippen LogP) is 1.15. The second-order valence-electron chi connectivity index (χ2n) is 3.80. The largest absolute Gasteiger partial charge is 0.350 e. The van der Waals surface area contributed by atoms with Gasteiger partial charge in [0.2, 0.25) is 0 Å². The third-order valence-electron chi connectivity index (χ3n) is 2.90. The summed E-state index contributed by atoms with van der Waals surface area (Å²) in [6.07, 6.45) is 2.96. The summed E-state index contributed by atoms with van der Waals surface area (Å²) in [5.74, 6) is 0. The van der Waals surface area contributed by atoms with Crippen LogP contribution < -0.4 is 5.23 Å². The van der Waals surface area contributed by atoms with Crippen molar-refractivity contribution in [2.45, 2.75) is 31.4 Å². The molecule has 0 amide bonds. The summed E-state index contributed by atoms with van der Waals surface area (Å²) in [5, 5.41) is 3.35. The Bertz CT molecular complexity index is 154. The highest BCUT2D eigenvalue weighted by Crippen LogP contribution is 2.84. The van der Waals surface area contributed by atoms with Crippen LogP contribution in [0.5, 0.6) is 0 Å². The molecule has 2 aliphatic carbocycles. The average molecular weight is 155 g/mol. The third kappa shape index (κ3) is 0.834. The zero-order valence-corrected chi connectivity index (χ0v) is 7.55. The van der Waals surface area contributed by atoms with Crippen molar-refractivity contribution in [3.63, 3.8) is 0 Å². The zero-order valence-electron chi connectivity index (χ0n) is 6.74. The Balaban J connectivity index is 1.66. The van der Waals surface area contributed by atoms with Crippen molar-refractivity contribution in [2.75, 3.05) is 6.54 Å². The molecular formula is C7H14BNS. The standard InChI is InChI=1S/C7H14BNS/c1-3-9-8-10-7-4-6(7,2)5-7/h8-9H,3-5H2,1-2H3. The van der Waals surface area contributed by atoms with Crippen LogP contribution in [0.15, 0.2) is 0 Å². The van der Waals surface area contributed by atoms with Gasteiger partial charge < -0.3 is 5.23 Å². The first kappa shape index (κ1) is 7.05. The maximum Gasteiger partial charge on any atom is 0.270 e. The van der Waals surface area contributed by atoms with E-state index in [9.17, 15) is 0 Å². The van der Waals surface area contributed by atoms with Crippen LogP contribution in [0.4, 0.5) is 0 Å². The van der Waals surface area contributed by atoms with Gasteiger partial charge in [-0.1, -0.05) is 13.8 Å². The molecule has 2 rings (SSSR count). The van der Waals surface area contributed by atoms with Gasteiger partial charge in [-0.05, 0) is 24.8 Å². The van der Waals surface area contributed by atoms with Crippen molar-refractivity contribution in [1.29, 1.82) is 0 Å². The third-order valence-corrected chi connectivity index (χ3v) is 4.58. The molecule has 2 saturated carbocycles. The summed E-state index contributed by atoms with van der Waals surface area (Å²) >= 11 is 2.13. The Morgan fingerprint density at radius 1 is 1.60 bits per heavy atom. The van der Waals surface area contributed by atoms with Gasteiger partial charge >= 0.3 is 0 Å². The first-order valence-electron chi connectivity index (χ1n) is 4.07. The van der Waals surface area contributed by atoms with E-state index in [-0.39, 0.29) is 0 Å². The molecule has 0 aromatic heterocycles. The quantitative estimate of drug-likeness (QED) is 0.482. The molecule has 0 heterocycles. The maximum absolute atomic E-state index is 3.35. The molecule has 1 N–H and O–H groups in total. The fourth-order valence-electron chi connectivity index (χ4n) is 1.69. The molecule has 1 nitrogen and oxygen atoms in total. The molecule has 3 heteroatoms. The van der Waals surface area contributed by atoms with Gasteiger partial charge in [-0.15, -0.1) is 0 Å². The number of fused-ring (bicyclic) bond motifs is 1. The lowest BCUT2D eigenvalue weighted by Crippen LogP contribution is -2.16. The van der Waals surface area contributed by atoms with Crippen molar-refractivity contribution in [3.8, 4) is 0 Å². The molecule has 0 aromatic rings. The summed E-state index contributed by atoms with van der Waals surface area (Å²) in [7, 11) is 0. The van der Waals surface area contributed by atoms with Crippen LogP contribution in [0.2, 0.25) is 0 Å². The van der Waals surface area contributed by atoms with E-state index in [1.54, 1.807) is 0 Å². The lowest BCUT2D eigenvalue weighted by Gasteiger charge is -2.00. The van der Waals surface area contributed by atoms with E-state index in [2.05, 4.69) is 30.7 Å². The Hall–Kier alpha value is 0.375. The van der Waals surface area contributed by atoms with Gasteiger partial charge in [0.25, 0.3) is 6.69 Å². The fraction of sp³-hybridized carbons (Fsp3) is 1.00. The van der Waals surface area contributed by atoms with Crippen molar-refractivity contribution in [2.24, 2.45) is 5.41 Å². The Morgan fingerprint density at radius 2 is 2.20 bits per heavy atom. The minimum atomic E-state index is 0.759. The topological polar surface area (TPSA) is 12.0 Å². The predicted molar refractivity (Wildman–Crippen MR) is 48.5 cm³/mol. The molecule has 0 saturated heterocycles. The second kappa shape index (κ2) is 1.95. The molecule has 2 fully saturated rings. The molecule has 0 aliphatic heterocycles. The van der Waals surface area contributed by atoms with Gasteiger partial charge in [0, 0.05) is 4.75 Å². The van der Waals surface area contributed by atoms with Crippen molar-refractivity contribution in [3.05, 3.63) is 0 Å². The molecule has 0 unspecified atom stereocenters. The van der Waals surface area contributed by atoms with Crippen LogP contribution in [0.25, 0.3) is 0 Å². The zero-order chi connectivity index (χ0) is 7.24. The van der Waals surface area contributed by atoms with Gasteiger partial charge in [0.05, 0.1) is 0 Å². The lowest BCUT2D eigenvalue weighted by atomic mass is 10.3. The smallest absolute Gasteiger partial charge is 0.270 e. The Labute approximate surface area is 67.5 Å². The van der Waals surface area contributed by atoms with E-state index in [1.807, 2.05) is 0 Å². The number of rotatable bonds is 4. The maximum atomic E-state index is 3.35. The minimum Gasteiger partial charge on any atom is -0.350 e. The van der Waals surface area contributed by atoms with Crippen molar-refractivity contribution < 1.29 is 0 Å². The Morgan fingerprint density at radius 3 is 2.60 bits per heavy atom.